The molecule has 2 aliphatic heterocycles. The van der Waals surface area contributed by atoms with Crippen molar-refractivity contribution in [3.8, 4) is 5.75 Å². The van der Waals surface area contributed by atoms with Crippen molar-refractivity contribution in [3.05, 3.63) is 29.8 Å². The minimum absolute atomic E-state index is 0.106. The Balaban J connectivity index is 1.62. The van der Waals surface area contributed by atoms with Gasteiger partial charge < -0.3 is 19.7 Å². The van der Waals surface area contributed by atoms with E-state index >= 15 is 0 Å². The van der Waals surface area contributed by atoms with E-state index in [-0.39, 0.29) is 12.0 Å². The molecule has 2 aliphatic rings. The van der Waals surface area contributed by atoms with Gasteiger partial charge in [0.05, 0.1) is 13.2 Å². The highest BCUT2D eigenvalue weighted by atomic mass is 16.5. The maximum Gasteiger partial charge on any atom is 0.253 e. The maximum atomic E-state index is 12.5. The molecular formula is C19H28N2O3. The third-order valence-electron chi connectivity index (χ3n) is 4.98. The van der Waals surface area contributed by atoms with E-state index in [9.17, 15) is 4.79 Å². The topological polar surface area (TPSA) is 50.8 Å². The van der Waals surface area contributed by atoms with Crippen molar-refractivity contribution in [2.75, 3.05) is 39.4 Å². The molecule has 0 aliphatic carbocycles. The van der Waals surface area contributed by atoms with Gasteiger partial charge in [-0.2, -0.15) is 0 Å². The molecule has 0 bridgehead atoms. The zero-order chi connectivity index (χ0) is 16.9. The summed E-state index contributed by atoms with van der Waals surface area (Å²) in [4.78, 5) is 14.4. The number of carbonyl (C=O) groups is 1. The molecule has 1 N–H and O–H groups in total. The second-order valence-corrected chi connectivity index (χ2v) is 6.99. The Morgan fingerprint density at radius 3 is 2.62 bits per heavy atom. The van der Waals surface area contributed by atoms with Crippen LogP contribution in [-0.4, -0.2) is 56.3 Å². The lowest BCUT2D eigenvalue weighted by molar-refractivity contribution is -0.0404. The molecule has 132 valence electrons. The van der Waals surface area contributed by atoms with Gasteiger partial charge in [0.1, 0.15) is 11.9 Å². The maximum absolute atomic E-state index is 12.5. The van der Waals surface area contributed by atoms with Crippen molar-refractivity contribution in [3.63, 3.8) is 0 Å². The lowest BCUT2D eigenvalue weighted by Crippen LogP contribution is -2.46. The van der Waals surface area contributed by atoms with Crippen LogP contribution >= 0.6 is 0 Å². The molecule has 2 fully saturated rings. The Morgan fingerprint density at radius 2 is 1.96 bits per heavy atom. The Kier molecular flexibility index (Phi) is 5.74. The van der Waals surface area contributed by atoms with Crippen LogP contribution in [0.5, 0.6) is 5.75 Å². The largest absolute Gasteiger partial charge is 0.490 e. The number of nitrogens with zero attached hydrogens (tertiary/aromatic N) is 1. The van der Waals surface area contributed by atoms with Crippen LogP contribution in [0, 0.1) is 11.8 Å². The molecule has 3 rings (SSSR count). The standard InChI is InChI=1S/C19H28N2O3/c1-14(2)17-13-23-12-7-18(17)24-16-5-3-15(4-6-16)19(22)21-10-8-20-9-11-21/h3-6,14,17-18,20H,7-13H2,1-2H3. The van der Waals surface area contributed by atoms with Gasteiger partial charge in [-0.3, -0.25) is 4.79 Å². The van der Waals surface area contributed by atoms with E-state index in [0.29, 0.717) is 11.8 Å². The van der Waals surface area contributed by atoms with E-state index in [1.54, 1.807) is 0 Å². The van der Waals surface area contributed by atoms with E-state index in [4.69, 9.17) is 9.47 Å². The van der Waals surface area contributed by atoms with Crippen LogP contribution in [0.4, 0.5) is 0 Å². The van der Waals surface area contributed by atoms with E-state index in [1.807, 2.05) is 29.2 Å². The second-order valence-electron chi connectivity index (χ2n) is 6.99. The third-order valence-corrected chi connectivity index (χ3v) is 4.98. The highest BCUT2D eigenvalue weighted by molar-refractivity contribution is 5.94. The molecule has 24 heavy (non-hydrogen) atoms. The Morgan fingerprint density at radius 1 is 1.25 bits per heavy atom. The smallest absolute Gasteiger partial charge is 0.253 e. The molecule has 2 unspecified atom stereocenters. The van der Waals surface area contributed by atoms with Gasteiger partial charge in [-0.05, 0) is 30.2 Å². The van der Waals surface area contributed by atoms with Crippen LogP contribution in [0.3, 0.4) is 0 Å². The zero-order valence-electron chi connectivity index (χ0n) is 14.7. The van der Waals surface area contributed by atoms with Gasteiger partial charge in [0.15, 0.2) is 0 Å². The van der Waals surface area contributed by atoms with E-state index in [2.05, 4.69) is 19.2 Å². The molecule has 5 heteroatoms. The number of piperazine rings is 1. The molecule has 5 nitrogen and oxygen atoms in total. The number of nitrogens with one attached hydrogen (secondary N) is 1. The fourth-order valence-corrected chi connectivity index (χ4v) is 3.41. The molecular weight excluding hydrogens is 304 g/mol. The first kappa shape index (κ1) is 17.2. The van der Waals surface area contributed by atoms with Crippen molar-refractivity contribution in [2.24, 2.45) is 11.8 Å². The molecule has 1 aromatic carbocycles. The van der Waals surface area contributed by atoms with Gasteiger partial charge in [-0.25, -0.2) is 0 Å². The van der Waals surface area contributed by atoms with Crippen molar-refractivity contribution >= 4 is 5.91 Å². The van der Waals surface area contributed by atoms with Gasteiger partial charge in [0.2, 0.25) is 0 Å². The summed E-state index contributed by atoms with van der Waals surface area (Å²) in [6, 6.07) is 7.59. The number of hydrogen-bond acceptors (Lipinski definition) is 4. The van der Waals surface area contributed by atoms with Gasteiger partial charge in [0.25, 0.3) is 5.91 Å². The summed E-state index contributed by atoms with van der Waals surface area (Å²) in [5, 5.41) is 3.26. The van der Waals surface area contributed by atoms with Gasteiger partial charge >= 0.3 is 0 Å². The number of hydrogen-bond donors (Lipinski definition) is 1. The van der Waals surface area contributed by atoms with Crippen LogP contribution < -0.4 is 10.1 Å². The predicted octanol–water partition coefficient (Wildman–Crippen LogP) is 2.17. The number of ether oxygens (including phenoxy) is 2. The minimum Gasteiger partial charge on any atom is -0.490 e. The molecule has 2 atom stereocenters. The summed E-state index contributed by atoms with van der Waals surface area (Å²) in [5.41, 5.74) is 0.733. The van der Waals surface area contributed by atoms with Gasteiger partial charge in [-0.1, -0.05) is 13.8 Å². The normalized spacial score (nSPS) is 24.9. The summed E-state index contributed by atoms with van der Waals surface area (Å²) in [5.74, 6) is 1.89. The summed E-state index contributed by atoms with van der Waals surface area (Å²) >= 11 is 0. The molecule has 0 saturated carbocycles. The van der Waals surface area contributed by atoms with Crippen LogP contribution in [0.1, 0.15) is 30.6 Å². The van der Waals surface area contributed by atoms with Crippen molar-refractivity contribution in [2.45, 2.75) is 26.4 Å². The Bertz CT molecular complexity index is 538. The summed E-state index contributed by atoms with van der Waals surface area (Å²) in [7, 11) is 0. The first-order valence-corrected chi connectivity index (χ1v) is 8.99. The zero-order valence-corrected chi connectivity index (χ0v) is 14.7. The summed E-state index contributed by atoms with van der Waals surface area (Å²) in [6.07, 6.45) is 1.11. The lowest BCUT2D eigenvalue weighted by atomic mass is 9.88. The minimum atomic E-state index is 0.106. The molecule has 0 spiro atoms. The average molecular weight is 332 g/mol. The third kappa shape index (κ3) is 4.08. The van der Waals surface area contributed by atoms with Crippen LogP contribution in [0.15, 0.2) is 24.3 Å². The summed E-state index contributed by atoms with van der Waals surface area (Å²) in [6.45, 7) is 9.23. The molecule has 0 aromatic heterocycles. The Hall–Kier alpha value is -1.59. The first-order valence-electron chi connectivity index (χ1n) is 8.99. The molecule has 1 aromatic rings. The van der Waals surface area contributed by atoms with E-state index in [1.165, 1.54) is 0 Å². The molecule has 2 heterocycles. The highest BCUT2D eigenvalue weighted by Gasteiger charge is 2.30. The fourth-order valence-electron chi connectivity index (χ4n) is 3.41. The monoisotopic (exact) mass is 332 g/mol. The van der Waals surface area contributed by atoms with Crippen LogP contribution in [0.2, 0.25) is 0 Å². The number of carbonyl (C=O) groups excluding carboxylic acids is 1. The quantitative estimate of drug-likeness (QED) is 0.918. The van der Waals surface area contributed by atoms with E-state index in [0.717, 1.165) is 57.1 Å². The SMILES string of the molecule is CC(C)C1COCCC1Oc1ccc(C(=O)N2CCNCC2)cc1. The molecule has 0 radical (unpaired) electrons. The van der Waals surface area contributed by atoms with Gasteiger partial charge in [-0.15, -0.1) is 0 Å². The van der Waals surface area contributed by atoms with Crippen molar-refractivity contribution < 1.29 is 14.3 Å². The highest BCUT2D eigenvalue weighted by Crippen LogP contribution is 2.27. The molecule has 1 amide bonds. The number of rotatable bonds is 4. The summed E-state index contributed by atoms with van der Waals surface area (Å²) < 4.78 is 11.8. The van der Waals surface area contributed by atoms with E-state index < -0.39 is 0 Å². The van der Waals surface area contributed by atoms with Crippen molar-refractivity contribution in [1.29, 1.82) is 0 Å². The number of amides is 1. The fraction of sp³-hybridized carbons (Fsp3) is 0.632. The van der Waals surface area contributed by atoms with Crippen LogP contribution in [0.25, 0.3) is 0 Å². The number of benzene rings is 1. The Labute approximate surface area is 144 Å². The lowest BCUT2D eigenvalue weighted by Gasteiger charge is -2.34. The molecule has 2 saturated heterocycles. The van der Waals surface area contributed by atoms with Crippen LogP contribution in [-0.2, 0) is 4.74 Å². The average Bonchev–Trinajstić information content (AvgIpc) is 2.63. The first-order chi connectivity index (χ1) is 11.6. The van der Waals surface area contributed by atoms with Gasteiger partial charge in [0, 0.05) is 44.1 Å². The predicted molar refractivity (Wildman–Crippen MR) is 93.4 cm³/mol. The second kappa shape index (κ2) is 7.99. The van der Waals surface area contributed by atoms with Crippen molar-refractivity contribution in [1.82, 2.24) is 10.2 Å².